The molecule has 0 atom stereocenters. The number of anilines is 1. The van der Waals surface area contributed by atoms with E-state index in [1.165, 1.54) is 19.3 Å². The van der Waals surface area contributed by atoms with Crippen molar-refractivity contribution in [1.82, 2.24) is 5.32 Å². The molecular formula is C11H16N2OS. The first-order chi connectivity index (χ1) is 7.34. The second-order valence-corrected chi connectivity index (χ2v) is 4.86. The van der Waals surface area contributed by atoms with Crippen molar-refractivity contribution in [2.45, 2.75) is 38.1 Å². The van der Waals surface area contributed by atoms with Crippen LogP contribution in [-0.4, -0.2) is 12.1 Å². The normalized spacial score (nSPS) is 17.3. The monoisotopic (exact) mass is 224 g/mol. The van der Waals surface area contributed by atoms with E-state index in [1.54, 1.807) is 11.3 Å². The molecule has 2 amide bonds. The zero-order valence-electron chi connectivity index (χ0n) is 8.66. The average molecular weight is 224 g/mol. The number of thiophene rings is 1. The fourth-order valence-corrected chi connectivity index (χ4v) is 2.54. The number of hydrogen-bond acceptors (Lipinski definition) is 2. The first-order valence-electron chi connectivity index (χ1n) is 5.45. The Morgan fingerprint density at radius 1 is 1.33 bits per heavy atom. The number of rotatable bonds is 2. The van der Waals surface area contributed by atoms with Gasteiger partial charge in [0.15, 0.2) is 0 Å². The maximum atomic E-state index is 11.6. The minimum Gasteiger partial charge on any atom is -0.335 e. The van der Waals surface area contributed by atoms with Crippen LogP contribution in [0.15, 0.2) is 17.5 Å². The molecule has 1 aliphatic rings. The van der Waals surface area contributed by atoms with Gasteiger partial charge in [0.1, 0.15) is 0 Å². The van der Waals surface area contributed by atoms with E-state index in [0.29, 0.717) is 6.04 Å². The lowest BCUT2D eigenvalue weighted by Gasteiger charge is -2.22. The van der Waals surface area contributed by atoms with Gasteiger partial charge in [-0.15, -0.1) is 11.3 Å². The van der Waals surface area contributed by atoms with Gasteiger partial charge in [-0.2, -0.15) is 0 Å². The van der Waals surface area contributed by atoms with Crippen molar-refractivity contribution in [1.29, 1.82) is 0 Å². The molecule has 1 fully saturated rings. The van der Waals surface area contributed by atoms with E-state index in [2.05, 4.69) is 10.6 Å². The highest BCUT2D eigenvalue weighted by atomic mass is 32.1. The van der Waals surface area contributed by atoms with Gasteiger partial charge >= 0.3 is 6.03 Å². The average Bonchev–Trinajstić information content (AvgIpc) is 2.71. The van der Waals surface area contributed by atoms with E-state index in [1.807, 2.05) is 17.5 Å². The lowest BCUT2D eigenvalue weighted by Crippen LogP contribution is -2.38. The maximum Gasteiger partial charge on any atom is 0.320 e. The zero-order chi connectivity index (χ0) is 10.5. The molecule has 0 spiro atoms. The van der Waals surface area contributed by atoms with E-state index in [-0.39, 0.29) is 6.03 Å². The highest BCUT2D eigenvalue weighted by molar-refractivity contribution is 7.14. The highest BCUT2D eigenvalue weighted by Crippen LogP contribution is 2.18. The quantitative estimate of drug-likeness (QED) is 0.795. The molecule has 0 radical (unpaired) electrons. The summed E-state index contributed by atoms with van der Waals surface area (Å²) in [5, 5.41) is 8.71. The van der Waals surface area contributed by atoms with Gasteiger partial charge in [-0.25, -0.2) is 4.79 Å². The van der Waals surface area contributed by atoms with Crippen LogP contribution in [0.5, 0.6) is 0 Å². The molecule has 2 rings (SSSR count). The first kappa shape index (κ1) is 10.5. The number of nitrogens with one attached hydrogen (secondary N) is 2. The molecule has 0 saturated heterocycles. The van der Waals surface area contributed by atoms with Crippen molar-refractivity contribution < 1.29 is 4.79 Å². The van der Waals surface area contributed by atoms with E-state index in [9.17, 15) is 4.79 Å². The predicted octanol–water partition coefficient (Wildman–Crippen LogP) is 3.20. The summed E-state index contributed by atoms with van der Waals surface area (Å²) in [7, 11) is 0. The fraction of sp³-hybridized carbons (Fsp3) is 0.545. The Labute approximate surface area is 93.9 Å². The molecule has 4 heteroatoms. The molecule has 82 valence electrons. The van der Waals surface area contributed by atoms with Gasteiger partial charge < -0.3 is 5.32 Å². The van der Waals surface area contributed by atoms with Crippen molar-refractivity contribution in [3.63, 3.8) is 0 Å². The zero-order valence-corrected chi connectivity index (χ0v) is 9.48. The molecule has 1 aromatic heterocycles. The van der Waals surface area contributed by atoms with Gasteiger partial charge in [0.05, 0.1) is 5.00 Å². The Kier molecular flexibility index (Phi) is 3.61. The summed E-state index contributed by atoms with van der Waals surface area (Å²) in [6, 6.07) is 4.15. The van der Waals surface area contributed by atoms with Crippen molar-refractivity contribution in [3.05, 3.63) is 17.5 Å². The molecule has 0 aliphatic heterocycles. The molecule has 1 aromatic rings. The third-order valence-electron chi connectivity index (χ3n) is 2.70. The number of amides is 2. The smallest absolute Gasteiger partial charge is 0.320 e. The summed E-state index contributed by atoms with van der Waals surface area (Å²) < 4.78 is 0. The SMILES string of the molecule is O=C(Nc1cccs1)NC1CCCCC1. The minimum absolute atomic E-state index is 0.0654. The van der Waals surface area contributed by atoms with E-state index in [4.69, 9.17) is 0 Å². The Bertz CT molecular complexity index is 304. The third-order valence-corrected chi connectivity index (χ3v) is 3.48. The third kappa shape index (κ3) is 3.23. The predicted molar refractivity (Wildman–Crippen MR) is 63.3 cm³/mol. The molecule has 1 saturated carbocycles. The molecule has 1 heterocycles. The van der Waals surface area contributed by atoms with Crippen molar-refractivity contribution in [3.8, 4) is 0 Å². The van der Waals surface area contributed by atoms with Crippen LogP contribution in [0.25, 0.3) is 0 Å². The second-order valence-electron chi connectivity index (χ2n) is 3.91. The van der Waals surface area contributed by atoms with Crippen LogP contribution >= 0.6 is 11.3 Å². The van der Waals surface area contributed by atoms with Crippen molar-refractivity contribution >= 4 is 22.4 Å². The summed E-state index contributed by atoms with van der Waals surface area (Å²) in [5.41, 5.74) is 0. The topological polar surface area (TPSA) is 41.1 Å². The van der Waals surface area contributed by atoms with Gasteiger partial charge in [-0.1, -0.05) is 19.3 Å². The number of carbonyl (C=O) groups is 1. The van der Waals surface area contributed by atoms with Crippen LogP contribution in [-0.2, 0) is 0 Å². The molecule has 0 bridgehead atoms. The van der Waals surface area contributed by atoms with Crippen LogP contribution in [0.3, 0.4) is 0 Å². The molecular weight excluding hydrogens is 208 g/mol. The van der Waals surface area contributed by atoms with Crippen LogP contribution in [0.1, 0.15) is 32.1 Å². The molecule has 0 aromatic carbocycles. The van der Waals surface area contributed by atoms with Crippen LogP contribution in [0, 0.1) is 0 Å². The lowest BCUT2D eigenvalue weighted by atomic mass is 9.96. The van der Waals surface area contributed by atoms with Gasteiger partial charge in [-0.3, -0.25) is 5.32 Å². The number of hydrogen-bond donors (Lipinski definition) is 2. The minimum atomic E-state index is -0.0654. The highest BCUT2D eigenvalue weighted by Gasteiger charge is 2.15. The van der Waals surface area contributed by atoms with E-state index in [0.717, 1.165) is 17.8 Å². The van der Waals surface area contributed by atoms with Gasteiger partial charge in [0, 0.05) is 6.04 Å². The Morgan fingerprint density at radius 2 is 2.13 bits per heavy atom. The lowest BCUT2D eigenvalue weighted by molar-refractivity contribution is 0.244. The fourth-order valence-electron chi connectivity index (χ4n) is 1.93. The molecule has 0 unspecified atom stereocenters. The summed E-state index contributed by atoms with van der Waals surface area (Å²) in [4.78, 5) is 11.6. The van der Waals surface area contributed by atoms with Crippen LogP contribution in [0.2, 0.25) is 0 Å². The second kappa shape index (κ2) is 5.16. The van der Waals surface area contributed by atoms with Gasteiger partial charge in [-0.05, 0) is 30.4 Å². The van der Waals surface area contributed by atoms with Gasteiger partial charge in [0.2, 0.25) is 0 Å². The summed E-state index contributed by atoms with van der Waals surface area (Å²) in [5.74, 6) is 0. The summed E-state index contributed by atoms with van der Waals surface area (Å²) in [6.07, 6.45) is 6.04. The Hall–Kier alpha value is -1.03. The molecule has 3 nitrogen and oxygen atoms in total. The first-order valence-corrected chi connectivity index (χ1v) is 6.33. The van der Waals surface area contributed by atoms with Crippen LogP contribution in [0.4, 0.5) is 9.80 Å². The van der Waals surface area contributed by atoms with E-state index >= 15 is 0 Å². The summed E-state index contributed by atoms with van der Waals surface area (Å²) in [6.45, 7) is 0. The standard InChI is InChI=1S/C11H16N2OS/c14-11(13-10-7-4-8-15-10)12-9-5-2-1-3-6-9/h4,7-9H,1-3,5-6H2,(H2,12,13,14). The molecule has 1 aliphatic carbocycles. The number of urea groups is 1. The molecule has 15 heavy (non-hydrogen) atoms. The largest absolute Gasteiger partial charge is 0.335 e. The van der Waals surface area contributed by atoms with Crippen molar-refractivity contribution in [2.75, 3.05) is 5.32 Å². The summed E-state index contributed by atoms with van der Waals surface area (Å²) >= 11 is 1.54. The van der Waals surface area contributed by atoms with Crippen molar-refractivity contribution in [2.24, 2.45) is 0 Å². The Morgan fingerprint density at radius 3 is 2.80 bits per heavy atom. The van der Waals surface area contributed by atoms with Gasteiger partial charge in [0.25, 0.3) is 0 Å². The van der Waals surface area contributed by atoms with Crippen LogP contribution < -0.4 is 10.6 Å². The maximum absolute atomic E-state index is 11.6. The van der Waals surface area contributed by atoms with E-state index < -0.39 is 0 Å². The molecule has 2 N–H and O–H groups in total. The Balaban J connectivity index is 1.76. The number of carbonyl (C=O) groups excluding carboxylic acids is 1.